The number of ketones is 1. The fourth-order valence-electron chi connectivity index (χ4n) is 3.74. The molecule has 7 nitrogen and oxygen atoms in total. The van der Waals surface area contributed by atoms with Crippen molar-refractivity contribution < 1.29 is 4.79 Å². The van der Waals surface area contributed by atoms with Gasteiger partial charge in [-0.2, -0.15) is 5.10 Å². The summed E-state index contributed by atoms with van der Waals surface area (Å²) in [6.45, 7) is 10.3. The van der Waals surface area contributed by atoms with Crippen molar-refractivity contribution in [1.29, 1.82) is 0 Å². The second-order valence-corrected chi connectivity index (χ2v) is 8.26. The number of fused-ring (bicyclic) bond motifs is 2. The van der Waals surface area contributed by atoms with Gasteiger partial charge in [0.15, 0.2) is 11.4 Å². The summed E-state index contributed by atoms with van der Waals surface area (Å²) < 4.78 is 1.94. The monoisotopic (exact) mass is 390 g/mol. The molecule has 3 aromatic heterocycles. The van der Waals surface area contributed by atoms with Crippen molar-refractivity contribution in [2.75, 3.05) is 12.4 Å². The largest absolute Gasteiger partial charge is 0.372 e. The fourth-order valence-corrected chi connectivity index (χ4v) is 3.74. The summed E-state index contributed by atoms with van der Waals surface area (Å²) in [6, 6.07) is 5.83. The van der Waals surface area contributed by atoms with Gasteiger partial charge in [0.05, 0.1) is 16.6 Å². The molecule has 0 atom stereocenters. The first-order valence-corrected chi connectivity index (χ1v) is 9.84. The summed E-state index contributed by atoms with van der Waals surface area (Å²) in [5, 5.41) is 10.1. The van der Waals surface area contributed by atoms with E-state index in [4.69, 9.17) is 5.10 Å². The van der Waals surface area contributed by atoms with Crippen LogP contribution in [-0.4, -0.2) is 37.6 Å². The molecule has 0 unspecified atom stereocenters. The molecule has 0 aliphatic carbocycles. The summed E-state index contributed by atoms with van der Waals surface area (Å²) >= 11 is 0. The van der Waals surface area contributed by atoms with Gasteiger partial charge in [0.2, 0.25) is 0 Å². The Labute approximate surface area is 169 Å². The van der Waals surface area contributed by atoms with Gasteiger partial charge in [-0.25, -0.2) is 14.6 Å². The standard InChI is InChI=1S/C22H26N6O/c1-7-16(29)13-8-9-14-12(2)18(26-15(14)10-13)19-17-20(23-6)24-11-25-21(17)28(27-19)22(3,4)5/h8-11,26H,7H2,1-6H3,(H,23,24,25). The van der Waals surface area contributed by atoms with E-state index in [9.17, 15) is 4.79 Å². The number of benzene rings is 1. The van der Waals surface area contributed by atoms with Crippen molar-refractivity contribution >= 4 is 33.5 Å². The summed E-state index contributed by atoms with van der Waals surface area (Å²) in [6.07, 6.45) is 2.05. The van der Waals surface area contributed by atoms with E-state index < -0.39 is 0 Å². The van der Waals surface area contributed by atoms with E-state index in [1.807, 2.05) is 36.9 Å². The van der Waals surface area contributed by atoms with E-state index in [0.717, 1.165) is 50.3 Å². The molecule has 2 N–H and O–H groups in total. The van der Waals surface area contributed by atoms with Crippen LogP contribution in [0.3, 0.4) is 0 Å². The molecule has 4 aromatic rings. The average Bonchev–Trinajstić information content (AvgIpc) is 3.25. The van der Waals surface area contributed by atoms with Crippen molar-refractivity contribution in [3.63, 3.8) is 0 Å². The first kappa shape index (κ1) is 19.1. The van der Waals surface area contributed by atoms with Crippen LogP contribution in [0.25, 0.3) is 33.3 Å². The molecule has 0 spiro atoms. The molecule has 0 saturated carbocycles. The number of nitrogens with zero attached hydrogens (tertiary/aromatic N) is 4. The number of hydrogen-bond donors (Lipinski definition) is 2. The highest BCUT2D eigenvalue weighted by Gasteiger charge is 2.26. The van der Waals surface area contributed by atoms with Gasteiger partial charge in [-0.05, 0) is 39.3 Å². The zero-order valence-corrected chi connectivity index (χ0v) is 17.7. The summed E-state index contributed by atoms with van der Waals surface area (Å²) in [5.74, 6) is 0.870. The number of H-pyrrole nitrogens is 1. The Morgan fingerprint density at radius 3 is 2.66 bits per heavy atom. The molecule has 150 valence electrons. The van der Waals surface area contributed by atoms with Gasteiger partial charge in [0.25, 0.3) is 0 Å². The van der Waals surface area contributed by atoms with Gasteiger partial charge in [-0.3, -0.25) is 4.79 Å². The van der Waals surface area contributed by atoms with E-state index in [0.29, 0.717) is 6.42 Å². The predicted molar refractivity (Wildman–Crippen MR) is 117 cm³/mol. The molecule has 1 aromatic carbocycles. The number of aryl methyl sites for hydroxylation is 1. The molecule has 0 aliphatic rings. The minimum Gasteiger partial charge on any atom is -0.372 e. The van der Waals surface area contributed by atoms with Crippen LogP contribution in [0.2, 0.25) is 0 Å². The summed E-state index contributed by atoms with van der Waals surface area (Å²) in [7, 11) is 1.85. The molecule has 7 heteroatoms. The lowest BCUT2D eigenvalue weighted by Gasteiger charge is -2.19. The zero-order valence-electron chi connectivity index (χ0n) is 17.7. The van der Waals surface area contributed by atoms with Crippen LogP contribution in [-0.2, 0) is 5.54 Å². The topological polar surface area (TPSA) is 88.5 Å². The van der Waals surface area contributed by atoms with Crippen molar-refractivity contribution in [1.82, 2.24) is 24.7 Å². The van der Waals surface area contributed by atoms with Gasteiger partial charge in [-0.1, -0.05) is 19.1 Å². The Bertz CT molecular complexity index is 1240. The van der Waals surface area contributed by atoms with Gasteiger partial charge < -0.3 is 10.3 Å². The van der Waals surface area contributed by atoms with Crippen LogP contribution >= 0.6 is 0 Å². The number of rotatable bonds is 4. The van der Waals surface area contributed by atoms with Crippen LogP contribution in [0.1, 0.15) is 50.0 Å². The SMILES string of the molecule is CCC(=O)c1ccc2c(C)c(-c3nn(C(C)(C)C)c4ncnc(NC)c34)[nH]c2c1. The van der Waals surface area contributed by atoms with Crippen molar-refractivity contribution in [2.45, 2.75) is 46.6 Å². The van der Waals surface area contributed by atoms with E-state index in [1.54, 1.807) is 6.33 Å². The molecule has 4 rings (SSSR count). The average molecular weight is 390 g/mol. The molecule has 0 saturated heterocycles. The molecule has 0 bridgehead atoms. The molecular weight excluding hydrogens is 364 g/mol. The maximum absolute atomic E-state index is 12.1. The number of anilines is 1. The third-order valence-corrected chi connectivity index (χ3v) is 5.28. The predicted octanol–water partition coefficient (Wildman–Crippen LogP) is 4.67. The van der Waals surface area contributed by atoms with Crippen LogP contribution < -0.4 is 5.32 Å². The normalized spacial score (nSPS) is 12.1. The lowest BCUT2D eigenvalue weighted by molar-refractivity contribution is 0.0988. The van der Waals surface area contributed by atoms with Gasteiger partial charge in [-0.15, -0.1) is 0 Å². The highest BCUT2D eigenvalue weighted by Crippen LogP contribution is 2.37. The number of nitrogens with one attached hydrogen (secondary N) is 2. The van der Waals surface area contributed by atoms with Gasteiger partial charge >= 0.3 is 0 Å². The minimum atomic E-state index is -0.240. The zero-order chi connectivity index (χ0) is 20.9. The molecule has 3 heterocycles. The van der Waals surface area contributed by atoms with E-state index in [1.165, 1.54) is 0 Å². The highest BCUT2D eigenvalue weighted by atomic mass is 16.1. The Hall–Kier alpha value is -3.22. The minimum absolute atomic E-state index is 0.133. The van der Waals surface area contributed by atoms with Crippen LogP contribution in [0, 0.1) is 6.92 Å². The first-order valence-electron chi connectivity index (χ1n) is 9.84. The second-order valence-electron chi connectivity index (χ2n) is 8.26. The third-order valence-electron chi connectivity index (χ3n) is 5.28. The Balaban J connectivity index is 2.03. The highest BCUT2D eigenvalue weighted by molar-refractivity contribution is 6.04. The number of carbonyl (C=O) groups excluding carboxylic acids is 1. The second kappa shape index (κ2) is 6.69. The lowest BCUT2D eigenvalue weighted by atomic mass is 10.0. The van der Waals surface area contributed by atoms with E-state index in [-0.39, 0.29) is 11.3 Å². The molecule has 0 fully saturated rings. The summed E-state index contributed by atoms with van der Waals surface area (Å²) in [4.78, 5) is 24.6. The van der Waals surface area contributed by atoms with Crippen LogP contribution in [0.5, 0.6) is 0 Å². The van der Waals surface area contributed by atoms with Crippen LogP contribution in [0.15, 0.2) is 24.5 Å². The maximum atomic E-state index is 12.1. The number of carbonyl (C=O) groups is 1. The number of hydrogen-bond acceptors (Lipinski definition) is 5. The van der Waals surface area contributed by atoms with Crippen molar-refractivity contribution in [3.8, 4) is 11.4 Å². The van der Waals surface area contributed by atoms with Gasteiger partial charge in [0.1, 0.15) is 17.8 Å². The number of aromatic nitrogens is 5. The summed E-state index contributed by atoms with van der Waals surface area (Å²) in [5.41, 5.74) is 5.00. The van der Waals surface area contributed by atoms with E-state index >= 15 is 0 Å². The fraction of sp³-hybridized carbons (Fsp3) is 0.364. The lowest BCUT2D eigenvalue weighted by Crippen LogP contribution is -2.23. The third kappa shape index (κ3) is 2.97. The number of aromatic amines is 1. The molecule has 0 aliphatic heterocycles. The molecule has 0 radical (unpaired) electrons. The Morgan fingerprint density at radius 1 is 1.24 bits per heavy atom. The quantitative estimate of drug-likeness (QED) is 0.494. The smallest absolute Gasteiger partial charge is 0.164 e. The van der Waals surface area contributed by atoms with Crippen molar-refractivity contribution in [2.24, 2.45) is 0 Å². The molecule has 0 amide bonds. The Kier molecular flexibility index (Phi) is 4.41. The maximum Gasteiger partial charge on any atom is 0.164 e. The number of Topliss-reactive ketones (excluding diaryl/α,β-unsaturated/α-hetero) is 1. The first-order chi connectivity index (χ1) is 13.8. The van der Waals surface area contributed by atoms with Crippen LogP contribution in [0.4, 0.5) is 5.82 Å². The van der Waals surface area contributed by atoms with Gasteiger partial charge in [0, 0.05) is 29.9 Å². The molecule has 29 heavy (non-hydrogen) atoms. The van der Waals surface area contributed by atoms with Crippen molar-refractivity contribution in [3.05, 3.63) is 35.7 Å². The van der Waals surface area contributed by atoms with E-state index in [2.05, 4.69) is 48.0 Å². The Morgan fingerprint density at radius 2 is 2.00 bits per heavy atom. The molecular formula is C22H26N6O.